The first-order chi connectivity index (χ1) is 9.79. The van der Waals surface area contributed by atoms with Gasteiger partial charge in [0.1, 0.15) is 5.71 Å². The lowest BCUT2D eigenvalue weighted by atomic mass is 10.1. The lowest BCUT2D eigenvalue weighted by molar-refractivity contribution is -0.164. The summed E-state index contributed by atoms with van der Waals surface area (Å²) >= 11 is 1.24. The third-order valence-corrected chi connectivity index (χ3v) is 4.16. The highest BCUT2D eigenvalue weighted by molar-refractivity contribution is 7.10. The number of rotatable bonds is 4. The standard InChI is InChI=1S/C12H12F4N2O2S/c1-2-7-3-6(5-21-7)10(19)18-12(20,11(15)16)4-8(17-18)9(13)14/h3,5,9,11,20H,2,4H2,1H3/t12-/m0/s1. The van der Waals surface area contributed by atoms with E-state index in [1.807, 2.05) is 6.92 Å². The summed E-state index contributed by atoms with van der Waals surface area (Å²) in [5.74, 6) is -1.02. The van der Waals surface area contributed by atoms with Gasteiger partial charge in [0, 0.05) is 16.7 Å². The Morgan fingerprint density at radius 1 is 1.52 bits per heavy atom. The molecule has 2 rings (SSSR count). The molecule has 0 saturated heterocycles. The SMILES string of the molecule is CCc1cc(C(=O)N2N=C(C(F)F)C[C@]2(O)C(F)F)cs1. The fourth-order valence-corrected chi connectivity index (χ4v) is 2.71. The van der Waals surface area contributed by atoms with Gasteiger partial charge in [-0.05, 0) is 12.5 Å². The first-order valence-electron chi connectivity index (χ1n) is 6.07. The number of alkyl halides is 4. The van der Waals surface area contributed by atoms with Gasteiger partial charge in [-0.15, -0.1) is 11.3 Å². The number of amides is 1. The average Bonchev–Trinajstić information content (AvgIpc) is 3.03. The largest absolute Gasteiger partial charge is 0.364 e. The van der Waals surface area contributed by atoms with Crippen molar-refractivity contribution in [2.24, 2.45) is 5.10 Å². The summed E-state index contributed by atoms with van der Waals surface area (Å²) in [4.78, 5) is 13.0. The first-order valence-corrected chi connectivity index (χ1v) is 6.95. The minimum absolute atomic E-state index is 0.0372. The van der Waals surface area contributed by atoms with Crippen molar-refractivity contribution >= 4 is 23.0 Å². The predicted octanol–water partition coefficient (Wildman–Crippen LogP) is 2.73. The molecule has 1 aromatic heterocycles. The molecule has 0 fully saturated rings. The molecule has 1 N–H and O–H groups in total. The molecule has 1 atom stereocenters. The van der Waals surface area contributed by atoms with Crippen LogP contribution in [0.5, 0.6) is 0 Å². The molecule has 0 bridgehead atoms. The number of aliphatic hydroxyl groups is 1. The first kappa shape index (κ1) is 15.9. The molecule has 2 heterocycles. The van der Waals surface area contributed by atoms with Crippen LogP contribution in [0, 0.1) is 0 Å². The van der Waals surface area contributed by atoms with E-state index in [1.165, 1.54) is 22.8 Å². The van der Waals surface area contributed by atoms with Gasteiger partial charge in [0.05, 0.1) is 5.56 Å². The van der Waals surface area contributed by atoms with E-state index in [0.717, 1.165) is 4.88 Å². The van der Waals surface area contributed by atoms with Crippen LogP contribution in [-0.4, -0.2) is 40.3 Å². The summed E-state index contributed by atoms with van der Waals surface area (Å²) < 4.78 is 51.2. The van der Waals surface area contributed by atoms with Gasteiger partial charge in [0.2, 0.25) is 5.72 Å². The Morgan fingerprint density at radius 3 is 2.67 bits per heavy atom. The van der Waals surface area contributed by atoms with Crippen LogP contribution < -0.4 is 0 Å². The Morgan fingerprint density at radius 2 is 2.19 bits per heavy atom. The summed E-state index contributed by atoms with van der Waals surface area (Å²) in [5, 5.41) is 14.5. The van der Waals surface area contributed by atoms with Gasteiger partial charge in [-0.1, -0.05) is 6.92 Å². The normalized spacial score (nSPS) is 22.3. The van der Waals surface area contributed by atoms with Crippen molar-refractivity contribution in [2.45, 2.75) is 38.3 Å². The van der Waals surface area contributed by atoms with Crippen LogP contribution in [-0.2, 0) is 6.42 Å². The lowest BCUT2D eigenvalue weighted by Crippen LogP contribution is -2.51. The average molecular weight is 324 g/mol. The van der Waals surface area contributed by atoms with Crippen LogP contribution in [0.2, 0.25) is 0 Å². The fraction of sp³-hybridized carbons (Fsp3) is 0.500. The zero-order valence-electron chi connectivity index (χ0n) is 10.9. The van der Waals surface area contributed by atoms with Gasteiger partial charge in [0.15, 0.2) is 0 Å². The molecule has 0 aromatic carbocycles. The van der Waals surface area contributed by atoms with Crippen molar-refractivity contribution < 1.29 is 27.5 Å². The second-order valence-corrected chi connectivity index (χ2v) is 5.52. The molecule has 1 aliphatic rings. The summed E-state index contributed by atoms with van der Waals surface area (Å²) in [7, 11) is 0. The maximum atomic E-state index is 13.0. The number of nitrogens with zero attached hydrogens (tertiary/aromatic N) is 2. The molecule has 0 spiro atoms. The van der Waals surface area contributed by atoms with Crippen LogP contribution in [0.1, 0.15) is 28.6 Å². The number of hydrazone groups is 1. The Balaban J connectivity index is 2.35. The number of aryl methyl sites for hydroxylation is 1. The topological polar surface area (TPSA) is 52.9 Å². The molecule has 1 amide bonds. The van der Waals surface area contributed by atoms with Crippen molar-refractivity contribution in [1.29, 1.82) is 0 Å². The number of halogens is 4. The molecule has 0 saturated carbocycles. The van der Waals surface area contributed by atoms with Crippen LogP contribution in [0.15, 0.2) is 16.5 Å². The Labute approximate surface area is 121 Å². The van der Waals surface area contributed by atoms with E-state index in [9.17, 15) is 27.5 Å². The number of hydrogen-bond donors (Lipinski definition) is 1. The second-order valence-electron chi connectivity index (χ2n) is 4.52. The van der Waals surface area contributed by atoms with Crippen molar-refractivity contribution in [3.05, 3.63) is 21.9 Å². The van der Waals surface area contributed by atoms with E-state index in [4.69, 9.17) is 0 Å². The zero-order valence-corrected chi connectivity index (χ0v) is 11.7. The predicted molar refractivity (Wildman–Crippen MR) is 68.9 cm³/mol. The molecule has 116 valence electrons. The van der Waals surface area contributed by atoms with E-state index in [-0.39, 0.29) is 10.6 Å². The molecule has 21 heavy (non-hydrogen) atoms. The van der Waals surface area contributed by atoms with Crippen molar-refractivity contribution in [1.82, 2.24) is 5.01 Å². The van der Waals surface area contributed by atoms with E-state index in [0.29, 0.717) is 6.42 Å². The van der Waals surface area contributed by atoms with Gasteiger partial charge in [-0.3, -0.25) is 4.79 Å². The van der Waals surface area contributed by atoms with Crippen LogP contribution in [0.25, 0.3) is 0 Å². The van der Waals surface area contributed by atoms with Gasteiger partial charge in [-0.25, -0.2) is 17.6 Å². The second kappa shape index (κ2) is 5.72. The molecule has 4 nitrogen and oxygen atoms in total. The highest BCUT2D eigenvalue weighted by Crippen LogP contribution is 2.34. The maximum Gasteiger partial charge on any atom is 0.287 e. The van der Waals surface area contributed by atoms with Crippen LogP contribution in [0.3, 0.4) is 0 Å². The minimum Gasteiger partial charge on any atom is -0.364 e. The van der Waals surface area contributed by atoms with E-state index in [1.54, 1.807) is 0 Å². The number of carbonyl (C=O) groups is 1. The van der Waals surface area contributed by atoms with Gasteiger partial charge >= 0.3 is 0 Å². The van der Waals surface area contributed by atoms with Crippen LogP contribution in [0.4, 0.5) is 17.6 Å². The summed E-state index contributed by atoms with van der Waals surface area (Å²) in [6, 6.07) is 1.47. The van der Waals surface area contributed by atoms with Crippen LogP contribution >= 0.6 is 11.3 Å². The summed E-state index contributed by atoms with van der Waals surface area (Å²) in [6.45, 7) is 1.85. The molecule has 9 heteroatoms. The minimum atomic E-state index is -3.41. The highest BCUT2D eigenvalue weighted by atomic mass is 32.1. The van der Waals surface area contributed by atoms with Crippen molar-refractivity contribution in [3.63, 3.8) is 0 Å². The highest BCUT2D eigenvalue weighted by Gasteiger charge is 2.53. The van der Waals surface area contributed by atoms with Gasteiger partial charge in [0.25, 0.3) is 18.8 Å². The Kier molecular flexibility index (Phi) is 4.33. The fourth-order valence-electron chi connectivity index (χ4n) is 1.90. The number of hydrogen-bond acceptors (Lipinski definition) is 4. The maximum absolute atomic E-state index is 13.0. The molecule has 1 aromatic rings. The quantitative estimate of drug-likeness (QED) is 0.866. The lowest BCUT2D eigenvalue weighted by Gasteiger charge is -2.29. The Bertz CT molecular complexity index is 575. The number of thiophene rings is 1. The molecule has 0 radical (unpaired) electrons. The molecular weight excluding hydrogens is 312 g/mol. The molecule has 0 unspecified atom stereocenters. The summed E-state index contributed by atoms with van der Waals surface area (Å²) in [6.07, 6.45) is -6.95. The molecular formula is C12H12F4N2O2S. The summed E-state index contributed by atoms with van der Waals surface area (Å²) in [5.41, 5.74) is -3.93. The molecule has 0 aliphatic carbocycles. The number of carbonyl (C=O) groups excluding carboxylic acids is 1. The van der Waals surface area contributed by atoms with E-state index >= 15 is 0 Å². The van der Waals surface area contributed by atoms with E-state index in [2.05, 4.69) is 5.10 Å². The van der Waals surface area contributed by atoms with E-state index < -0.39 is 36.6 Å². The van der Waals surface area contributed by atoms with Crippen molar-refractivity contribution in [2.75, 3.05) is 0 Å². The Hall–Kier alpha value is -1.48. The van der Waals surface area contributed by atoms with Crippen molar-refractivity contribution in [3.8, 4) is 0 Å². The zero-order chi connectivity index (χ0) is 15.8. The third kappa shape index (κ3) is 2.80. The monoisotopic (exact) mass is 324 g/mol. The third-order valence-electron chi connectivity index (χ3n) is 3.08. The van der Waals surface area contributed by atoms with Gasteiger partial charge < -0.3 is 5.11 Å². The smallest absolute Gasteiger partial charge is 0.287 e. The molecule has 1 aliphatic heterocycles. The van der Waals surface area contributed by atoms with Gasteiger partial charge in [-0.2, -0.15) is 10.1 Å².